The van der Waals surface area contributed by atoms with E-state index in [4.69, 9.17) is 0 Å². The number of aromatic nitrogens is 3. The molecule has 4 aromatic rings. The van der Waals surface area contributed by atoms with Crippen molar-refractivity contribution in [3.8, 4) is 11.6 Å². The van der Waals surface area contributed by atoms with Crippen LogP contribution >= 0.6 is 11.3 Å². The van der Waals surface area contributed by atoms with Gasteiger partial charge in [-0.1, -0.05) is 12.1 Å². The molecule has 0 unspecified atom stereocenters. The van der Waals surface area contributed by atoms with Crippen molar-refractivity contribution in [3.05, 3.63) is 57.8 Å². The molecule has 20 heavy (non-hydrogen) atoms. The van der Waals surface area contributed by atoms with Gasteiger partial charge in [0.05, 0.1) is 22.9 Å². The Kier molecular flexibility index (Phi) is 2.22. The van der Waals surface area contributed by atoms with Crippen LogP contribution in [0.15, 0.2) is 52.1 Å². The van der Waals surface area contributed by atoms with E-state index in [1.807, 2.05) is 35.0 Å². The van der Waals surface area contributed by atoms with Gasteiger partial charge in [-0.05, 0) is 23.6 Å². The zero-order valence-corrected chi connectivity index (χ0v) is 11.0. The van der Waals surface area contributed by atoms with Gasteiger partial charge in [-0.3, -0.25) is 9.38 Å². The first kappa shape index (κ1) is 11.2. The zero-order chi connectivity index (χ0) is 13.7. The van der Waals surface area contributed by atoms with Crippen LogP contribution in [0.3, 0.4) is 0 Å². The Morgan fingerprint density at radius 2 is 2.00 bits per heavy atom. The second kappa shape index (κ2) is 3.94. The summed E-state index contributed by atoms with van der Waals surface area (Å²) in [6, 6.07) is 9.14. The lowest BCUT2D eigenvalue weighted by Gasteiger charge is -1.98. The lowest BCUT2D eigenvalue weighted by molar-refractivity contribution is 0.446. The molecule has 0 radical (unpaired) electrons. The molecule has 98 valence electrons. The van der Waals surface area contributed by atoms with Gasteiger partial charge in [0.25, 0.3) is 0 Å². The average Bonchev–Trinajstić information content (AvgIpc) is 3.07. The molecule has 0 saturated heterocycles. The summed E-state index contributed by atoms with van der Waals surface area (Å²) in [5.74, 6) is -0.0911. The molecular weight excluding hydrogens is 274 g/mol. The van der Waals surface area contributed by atoms with Crippen molar-refractivity contribution in [1.29, 1.82) is 0 Å². The van der Waals surface area contributed by atoms with E-state index in [1.165, 1.54) is 26.5 Å². The minimum absolute atomic E-state index is 0.0911. The third kappa shape index (κ3) is 1.36. The number of imidazole rings is 1. The summed E-state index contributed by atoms with van der Waals surface area (Å²) in [5, 5.41) is 14.0. The highest BCUT2D eigenvalue weighted by Gasteiger charge is 2.17. The molecule has 6 heteroatoms. The molecular formula is C14H9N3O2S. The van der Waals surface area contributed by atoms with Gasteiger partial charge in [0.1, 0.15) is 5.52 Å². The summed E-state index contributed by atoms with van der Waals surface area (Å²) in [4.78, 5) is 16.9. The maximum absolute atomic E-state index is 12.6. The number of aromatic hydroxyl groups is 1. The summed E-state index contributed by atoms with van der Waals surface area (Å²) in [6.45, 7) is 0. The van der Waals surface area contributed by atoms with E-state index < -0.39 is 0 Å². The number of rotatable bonds is 1. The molecule has 3 aromatic heterocycles. The van der Waals surface area contributed by atoms with E-state index in [0.29, 0.717) is 22.2 Å². The van der Waals surface area contributed by atoms with E-state index in [-0.39, 0.29) is 11.6 Å². The molecule has 1 aromatic carbocycles. The maximum atomic E-state index is 12.6. The lowest BCUT2D eigenvalue weighted by atomic mass is 10.3. The Bertz CT molecular complexity index is 983. The SMILES string of the molecule is O=c1n(-c2ccsc2)c(O)c2cnc3ccccc3n12. The largest absolute Gasteiger partial charge is 0.493 e. The van der Waals surface area contributed by atoms with Gasteiger partial charge >= 0.3 is 5.69 Å². The van der Waals surface area contributed by atoms with Gasteiger partial charge < -0.3 is 5.11 Å². The predicted octanol–water partition coefficient (Wildman–Crippen LogP) is 2.41. The van der Waals surface area contributed by atoms with Crippen molar-refractivity contribution < 1.29 is 5.11 Å². The summed E-state index contributed by atoms with van der Waals surface area (Å²) in [7, 11) is 0. The smallest absolute Gasteiger partial charge is 0.340 e. The second-order valence-corrected chi connectivity index (χ2v) is 5.17. The van der Waals surface area contributed by atoms with Crippen LogP contribution in [0.4, 0.5) is 0 Å². The number of nitrogens with zero attached hydrogens (tertiary/aromatic N) is 3. The van der Waals surface area contributed by atoms with Gasteiger partial charge in [-0.15, -0.1) is 0 Å². The van der Waals surface area contributed by atoms with Gasteiger partial charge in [0.15, 0.2) is 0 Å². The zero-order valence-electron chi connectivity index (χ0n) is 10.2. The van der Waals surface area contributed by atoms with Gasteiger partial charge in [-0.25, -0.2) is 9.36 Å². The molecule has 0 bridgehead atoms. The number of hydrogen-bond acceptors (Lipinski definition) is 4. The molecule has 0 spiro atoms. The number of para-hydroxylation sites is 2. The maximum Gasteiger partial charge on any atom is 0.340 e. The fourth-order valence-corrected chi connectivity index (χ4v) is 2.99. The van der Waals surface area contributed by atoms with Crippen LogP contribution in [0.1, 0.15) is 0 Å². The fraction of sp³-hybridized carbons (Fsp3) is 0. The van der Waals surface area contributed by atoms with Crippen LogP contribution in [-0.4, -0.2) is 19.1 Å². The number of fused-ring (bicyclic) bond motifs is 3. The van der Waals surface area contributed by atoms with E-state index in [1.54, 1.807) is 6.07 Å². The van der Waals surface area contributed by atoms with Gasteiger partial charge in [0, 0.05) is 5.38 Å². The Morgan fingerprint density at radius 3 is 2.80 bits per heavy atom. The highest BCUT2D eigenvalue weighted by Crippen LogP contribution is 2.24. The summed E-state index contributed by atoms with van der Waals surface area (Å²) in [5.41, 5.74) is 2.16. The predicted molar refractivity (Wildman–Crippen MR) is 77.8 cm³/mol. The number of hydrogen-bond donors (Lipinski definition) is 1. The molecule has 0 fully saturated rings. The third-order valence-electron chi connectivity index (χ3n) is 3.28. The normalized spacial score (nSPS) is 11.4. The molecule has 1 N–H and O–H groups in total. The standard InChI is InChI=1S/C14H9N3O2S/c18-13-12-7-15-10-3-1-2-4-11(10)17(12)14(19)16(13)9-5-6-20-8-9/h1-8,18H. The molecule has 0 saturated carbocycles. The molecule has 0 amide bonds. The van der Waals surface area contributed by atoms with Crippen molar-refractivity contribution in [2.24, 2.45) is 0 Å². The van der Waals surface area contributed by atoms with E-state index in [2.05, 4.69) is 4.98 Å². The van der Waals surface area contributed by atoms with Crippen molar-refractivity contribution in [3.63, 3.8) is 0 Å². The van der Waals surface area contributed by atoms with Crippen LogP contribution in [0.5, 0.6) is 5.88 Å². The summed E-state index contributed by atoms with van der Waals surface area (Å²) < 4.78 is 2.77. The van der Waals surface area contributed by atoms with Crippen LogP contribution in [-0.2, 0) is 0 Å². The molecule has 0 aliphatic rings. The minimum Gasteiger partial charge on any atom is -0.493 e. The second-order valence-electron chi connectivity index (χ2n) is 4.39. The minimum atomic E-state index is -0.297. The molecule has 5 nitrogen and oxygen atoms in total. The first-order valence-corrected chi connectivity index (χ1v) is 6.94. The highest BCUT2D eigenvalue weighted by atomic mass is 32.1. The van der Waals surface area contributed by atoms with Crippen LogP contribution in [0.25, 0.3) is 22.2 Å². The van der Waals surface area contributed by atoms with Crippen LogP contribution in [0, 0.1) is 0 Å². The third-order valence-corrected chi connectivity index (χ3v) is 3.95. The molecule has 0 aliphatic heterocycles. The van der Waals surface area contributed by atoms with Gasteiger partial charge in [0.2, 0.25) is 5.88 Å². The summed E-state index contributed by atoms with van der Waals surface area (Å²) >= 11 is 1.47. The van der Waals surface area contributed by atoms with Crippen molar-refractivity contribution in [1.82, 2.24) is 14.0 Å². The van der Waals surface area contributed by atoms with E-state index >= 15 is 0 Å². The Morgan fingerprint density at radius 1 is 1.15 bits per heavy atom. The number of thiophene rings is 1. The molecule has 3 heterocycles. The quantitative estimate of drug-likeness (QED) is 0.583. The summed E-state index contributed by atoms with van der Waals surface area (Å²) in [6.07, 6.45) is 1.52. The van der Waals surface area contributed by atoms with Crippen molar-refractivity contribution >= 4 is 27.9 Å². The average molecular weight is 283 g/mol. The Balaban J connectivity index is 2.24. The van der Waals surface area contributed by atoms with E-state index in [0.717, 1.165) is 0 Å². The molecule has 0 aliphatic carbocycles. The van der Waals surface area contributed by atoms with E-state index in [9.17, 15) is 9.90 Å². The Hall–Kier alpha value is -2.60. The Labute approximate surface area is 117 Å². The van der Waals surface area contributed by atoms with Crippen LogP contribution < -0.4 is 5.69 Å². The van der Waals surface area contributed by atoms with Crippen molar-refractivity contribution in [2.75, 3.05) is 0 Å². The highest BCUT2D eigenvalue weighted by molar-refractivity contribution is 7.08. The van der Waals surface area contributed by atoms with Gasteiger partial charge in [-0.2, -0.15) is 11.3 Å². The first-order chi connectivity index (χ1) is 9.77. The molecule has 4 rings (SSSR count). The monoisotopic (exact) mass is 283 g/mol. The molecule has 0 atom stereocenters. The van der Waals surface area contributed by atoms with Crippen molar-refractivity contribution in [2.45, 2.75) is 0 Å². The first-order valence-electron chi connectivity index (χ1n) is 6.00. The number of benzene rings is 1. The lowest BCUT2D eigenvalue weighted by Crippen LogP contribution is -2.18. The fourth-order valence-electron chi connectivity index (χ4n) is 2.37. The topological polar surface area (TPSA) is 59.5 Å². The van der Waals surface area contributed by atoms with Crippen LogP contribution in [0.2, 0.25) is 0 Å².